The summed E-state index contributed by atoms with van der Waals surface area (Å²) in [6.07, 6.45) is 4.57. The maximum Gasteiger partial charge on any atom is 0.238 e. The lowest BCUT2D eigenvalue weighted by molar-refractivity contribution is -0.141. The largest absolute Gasteiger partial charge is 0.342 e. The van der Waals surface area contributed by atoms with E-state index >= 15 is 0 Å². The molecule has 190 valence electrons. The highest BCUT2D eigenvalue weighted by molar-refractivity contribution is 7.89. The third-order valence-electron chi connectivity index (χ3n) is 7.10. The molecular weight excluding hydrogens is 450 g/mol. The summed E-state index contributed by atoms with van der Waals surface area (Å²) in [4.78, 5) is 30.1. The highest BCUT2D eigenvalue weighted by Gasteiger charge is 2.35. The first-order valence-corrected chi connectivity index (χ1v) is 14.3. The minimum atomic E-state index is -3.49. The van der Waals surface area contributed by atoms with Gasteiger partial charge in [-0.2, -0.15) is 4.31 Å². The predicted octanol–water partition coefficient (Wildman–Crippen LogP) is 3.42. The number of likely N-dealkylation sites (tertiary alicyclic amines) is 1. The predicted molar refractivity (Wildman–Crippen MR) is 135 cm³/mol. The van der Waals surface area contributed by atoms with E-state index in [9.17, 15) is 18.0 Å². The van der Waals surface area contributed by atoms with Crippen molar-refractivity contribution in [3.05, 3.63) is 35.4 Å². The number of aryl methyl sites for hydroxylation is 1. The lowest BCUT2D eigenvalue weighted by atomic mass is 9.84. The highest BCUT2D eigenvalue weighted by Crippen LogP contribution is 2.30. The third-order valence-corrected chi connectivity index (χ3v) is 8.90. The number of carbonyl (C=O) groups is 2. The molecule has 0 N–H and O–H groups in total. The van der Waals surface area contributed by atoms with Gasteiger partial charge in [0.15, 0.2) is 0 Å². The molecule has 3 rings (SSSR count). The molecule has 1 saturated heterocycles. The second kappa shape index (κ2) is 11.7. The fourth-order valence-corrected chi connectivity index (χ4v) is 5.93. The molecule has 0 aromatic heterocycles. The first-order valence-electron chi connectivity index (χ1n) is 12.7. The minimum Gasteiger partial charge on any atom is -0.342 e. The number of hydrogen-bond donors (Lipinski definition) is 0. The van der Waals surface area contributed by atoms with Gasteiger partial charge in [0, 0.05) is 38.1 Å². The van der Waals surface area contributed by atoms with E-state index in [1.807, 2.05) is 54.8 Å². The summed E-state index contributed by atoms with van der Waals surface area (Å²) in [6, 6.07) is 8.11. The number of nitrogens with zero attached hydrogens (tertiary/aromatic N) is 3. The van der Waals surface area contributed by atoms with Crippen LogP contribution in [-0.4, -0.2) is 72.3 Å². The van der Waals surface area contributed by atoms with Gasteiger partial charge >= 0.3 is 0 Å². The molecule has 0 bridgehead atoms. The Bertz CT molecular complexity index is 933. The van der Waals surface area contributed by atoms with Crippen molar-refractivity contribution in [2.24, 2.45) is 11.8 Å². The van der Waals surface area contributed by atoms with Gasteiger partial charge < -0.3 is 9.80 Å². The van der Waals surface area contributed by atoms with Crippen LogP contribution in [-0.2, 0) is 26.2 Å². The number of hydrogen-bond acceptors (Lipinski definition) is 4. The van der Waals surface area contributed by atoms with Gasteiger partial charge in [-0.3, -0.25) is 9.59 Å². The molecule has 8 heteroatoms. The van der Waals surface area contributed by atoms with Crippen molar-refractivity contribution in [1.29, 1.82) is 0 Å². The molecule has 34 heavy (non-hydrogen) atoms. The van der Waals surface area contributed by atoms with E-state index in [1.54, 1.807) is 6.92 Å². The standard InChI is InChI=1S/C26H41N3O4S/c1-5-34(32,33)28(17-20(2)3)19-25(30)29(18-22-11-9-21(4)10-12-22)24-13-15-27(16-14-24)26(31)23-7-6-8-23/h9-12,20,23-24H,5-8,13-19H2,1-4H3. The van der Waals surface area contributed by atoms with Crippen LogP contribution >= 0.6 is 0 Å². The first kappa shape index (κ1) is 26.7. The lowest BCUT2D eigenvalue weighted by Gasteiger charge is -2.41. The van der Waals surface area contributed by atoms with Crippen molar-refractivity contribution >= 4 is 21.8 Å². The monoisotopic (exact) mass is 491 g/mol. The molecular formula is C26H41N3O4S. The van der Waals surface area contributed by atoms with E-state index in [0.717, 1.165) is 43.2 Å². The molecule has 1 aromatic carbocycles. The van der Waals surface area contributed by atoms with E-state index < -0.39 is 10.0 Å². The van der Waals surface area contributed by atoms with Crippen molar-refractivity contribution in [3.8, 4) is 0 Å². The van der Waals surface area contributed by atoms with Gasteiger partial charge in [-0.25, -0.2) is 8.42 Å². The topological polar surface area (TPSA) is 78.0 Å². The summed E-state index contributed by atoms with van der Waals surface area (Å²) < 4.78 is 26.7. The minimum absolute atomic E-state index is 0.00975. The van der Waals surface area contributed by atoms with Crippen LogP contribution in [0.5, 0.6) is 0 Å². The average Bonchev–Trinajstić information content (AvgIpc) is 2.76. The van der Waals surface area contributed by atoms with E-state index in [0.29, 0.717) is 26.2 Å². The molecule has 1 aliphatic heterocycles. The molecule has 0 spiro atoms. The fourth-order valence-electron chi connectivity index (χ4n) is 4.73. The first-order chi connectivity index (χ1) is 16.1. The summed E-state index contributed by atoms with van der Waals surface area (Å²) in [5.41, 5.74) is 2.18. The Morgan fingerprint density at radius 2 is 1.68 bits per heavy atom. The normalized spacial score (nSPS) is 17.8. The number of carbonyl (C=O) groups excluding carboxylic acids is 2. The fraction of sp³-hybridized carbons (Fsp3) is 0.692. The van der Waals surface area contributed by atoms with E-state index in [4.69, 9.17) is 0 Å². The van der Waals surface area contributed by atoms with Gasteiger partial charge in [0.2, 0.25) is 21.8 Å². The number of sulfonamides is 1. The van der Waals surface area contributed by atoms with Crippen LogP contribution in [0.1, 0.15) is 64.0 Å². The lowest BCUT2D eigenvalue weighted by Crippen LogP contribution is -2.52. The Hall–Kier alpha value is -1.93. The average molecular weight is 492 g/mol. The molecule has 0 unspecified atom stereocenters. The molecule has 1 saturated carbocycles. The van der Waals surface area contributed by atoms with Crippen molar-refractivity contribution in [3.63, 3.8) is 0 Å². The summed E-state index contributed by atoms with van der Waals surface area (Å²) in [5.74, 6) is 0.387. The zero-order chi connectivity index (χ0) is 24.9. The Morgan fingerprint density at radius 3 is 2.18 bits per heavy atom. The van der Waals surface area contributed by atoms with Gasteiger partial charge in [-0.05, 0) is 51.0 Å². The maximum absolute atomic E-state index is 13.6. The van der Waals surface area contributed by atoms with Crippen molar-refractivity contribution < 1.29 is 18.0 Å². The summed E-state index contributed by atoms with van der Waals surface area (Å²) in [5, 5.41) is 0. The second-order valence-electron chi connectivity index (χ2n) is 10.3. The van der Waals surface area contributed by atoms with Crippen LogP contribution in [0, 0.1) is 18.8 Å². The van der Waals surface area contributed by atoms with Crippen LogP contribution in [0.15, 0.2) is 24.3 Å². The van der Waals surface area contributed by atoms with Crippen molar-refractivity contribution in [2.75, 3.05) is 31.9 Å². The second-order valence-corrected chi connectivity index (χ2v) is 12.5. The third kappa shape index (κ3) is 6.81. The van der Waals surface area contributed by atoms with Gasteiger partial charge in [0.05, 0.1) is 12.3 Å². The molecule has 2 amide bonds. The van der Waals surface area contributed by atoms with Crippen LogP contribution in [0.4, 0.5) is 0 Å². The molecule has 0 radical (unpaired) electrons. The molecule has 1 aliphatic carbocycles. The molecule has 0 atom stereocenters. The molecule has 1 aromatic rings. The highest BCUT2D eigenvalue weighted by atomic mass is 32.2. The molecule has 2 fully saturated rings. The zero-order valence-electron chi connectivity index (χ0n) is 21.2. The number of rotatable bonds is 10. The van der Waals surface area contributed by atoms with Gasteiger partial charge in [0.25, 0.3) is 0 Å². The Morgan fingerprint density at radius 1 is 1.06 bits per heavy atom. The number of amides is 2. The summed E-state index contributed by atoms with van der Waals surface area (Å²) >= 11 is 0. The van der Waals surface area contributed by atoms with Gasteiger partial charge in [-0.1, -0.05) is 50.1 Å². The van der Waals surface area contributed by atoms with Crippen LogP contribution in [0.25, 0.3) is 0 Å². The molecule has 1 heterocycles. The smallest absolute Gasteiger partial charge is 0.238 e. The SMILES string of the molecule is CCS(=O)(=O)N(CC(=O)N(Cc1ccc(C)cc1)C1CCN(C(=O)C2CCC2)CC1)CC(C)C. The van der Waals surface area contributed by atoms with Crippen molar-refractivity contribution in [1.82, 2.24) is 14.1 Å². The van der Waals surface area contributed by atoms with Crippen LogP contribution < -0.4 is 0 Å². The Kier molecular flexibility index (Phi) is 9.15. The number of piperidine rings is 1. The number of benzene rings is 1. The quantitative estimate of drug-likeness (QED) is 0.502. The molecule has 7 nitrogen and oxygen atoms in total. The van der Waals surface area contributed by atoms with E-state index in [2.05, 4.69) is 0 Å². The van der Waals surface area contributed by atoms with E-state index in [1.165, 1.54) is 4.31 Å². The van der Waals surface area contributed by atoms with Crippen LogP contribution in [0.3, 0.4) is 0 Å². The Labute approximate surface area is 205 Å². The summed E-state index contributed by atoms with van der Waals surface area (Å²) in [7, 11) is -3.49. The zero-order valence-corrected chi connectivity index (χ0v) is 22.0. The Balaban J connectivity index is 1.75. The van der Waals surface area contributed by atoms with Crippen molar-refractivity contribution in [2.45, 2.75) is 72.4 Å². The van der Waals surface area contributed by atoms with E-state index in [-0.39, 0.29) is 42.0 Å². The van der Waals surface area contributed by atoms with Gasteiger partial charge in [-0.15, -0.1) is 0 Å². The van der Waals surface area contributed by atoms with Gasteiger partial charge in [0.1, 0.15) is 0 Å². The molecule has 2 aliphatic rings. The summed E-state index contributed by atoms with van der Waals surface area (Å²) in [6.45, 7) is 9.51. The van der Waals surface area contributed by atoms with Crippen LogP contribution in [0.2, 0.25) is 0 Å². The maximum atomic E-state index is 13.6.